The maximum Gasteiger partial charge on any atom is 0.362 e. The molecule has 0 saturated carbocycles. The zero-order valence-corrected chi connectivity index (χ0v) is 17.7. The molecule has 0 spiro atoms. The van der Waals surface area contributed by atoms with Gasteiger partial charge in [-0.05, 0) is 85.0 Å². The molecule has 2 aromatic carbocycles. The summed E-state index contributed by atoms with van der Waals surface area (Å²) >= 11 is 0. The summed E-state index contributed by atoms with van der Waals surface area (Å²) in [6, 6.07) is 5.72. The van der Waals surface area contributed by atoms with Crippen LogP contribution in [0.1, 0.15) is 58.7 Å². The Bertz CT molecular complexity index is 867. The Hall–Kier alpha value is -1.81. The van der Waals surface area contributed by atoms with Crippen molar-refractivity contribution in [2.45, 2.75) is 53.9 Å². The smallest absolute Gasteiger partial charge is 0.362 e. The number of rotatable bonds is 6. The summed E-state index contributed by atoms with van der Waals surface area (Å²) in [7, 11) is -4.23. The minimum atomic E-state index is -4.23. The van der Waals surface area contributed by atoms with Crippen LogP contribution in [0.4, 0.5) is 0 Å². The maximum absolute atomic E-state index is 11.2. The molecule has 0 aliphatic carbocycles. The van der Waals surface area contributed by atoms with Gasteiger partial charge >= 0.3 is 7.60 Å². The fourth-order valence-corrected chi connectivity index (χ4v) is 3.66. The van der Waals surface area contributed by atoms with Crippen LogP contribution in [0.15, 0.2) is 18.2 Å². The standard InChI is InChI=1S/C21H29O5P/c1-12(2)18-9-17(7-8-20(18)22)10-19-13(3)15(5)21(16(6)14(19)4)26-11-27(23,24)25/h7-9,12,22H,10-11H2,1-6H3,(H2,23,24,25). The van der Waals surface area contributed by atoms with Crippen molar-refractivity contribution in [3.8, 4) is 11.5 Å². The molecule has 0 fully saturated rings. The lowest BCUT2D eigenvalue weighted by Gasteiger charge is -2.21. The monoisotopic (exact) mass is 392 g/mol. The van der Waals surface area contributed by atoms with Gasteiger partial charge in [-0.2, -0.15) is 0 Å². The predicted octanol–water partition coefficient (Wildman–Crippen LogP) is 4.85. The molecule has 0 radical (unpaired) electrons. The third kappa shape index (κ3) is 4.92. The zero-order chi connectivity index (χ0) is 20.5. The topological polar surface area (TPSA) is 87.0 Å². The van der Waals surface area contributed by atoms with Crippen LogP contribution in [0.3, 0.4) is 0 Å². The van der Waals surface area contributed by atoms with Gasteiger partial charge in [-0.3, -0.25) is 4.57 Å². The number of hydrogen-bond donors (Lipinski definition) is 3. The molecule has 148 valence electrons. The van der Waals surface area contributed by atoms with Crippen LogP contribution in [-0.4, -0.2) is 21.2 Å². The quantitative estimate of drug-likeness (QED) is 0.612. The summed E-state index contributed by atoms with van der Waals surface area (Å²) in [4.78, 5) is 18.2. The first-order valence-corrected chi connectivity index (χ1v) is 10.8. The molecule has 0 unspecified atom stereocenters. The number of aromatic hydroxyl groups is 1. The van der Waals surface area contributed by atoms with Crippen LogP contribution in [-0.2, 0) is 11.0 Å². The van der Waals surface area contributed by atoms with Crippen LogP contribution in [0.25, 0.3) is 0 Å². The van der Waals surface area contributed by atoms with E-state index in [1.165, 1.54) is 5.56 Å². The average Bonchev–Trinajstić information content (AvgIpc) is 2.57. The van der Waals surface area contributed by atoms with Gasteiger partial charge in [-0.25, -0.2) is 0 Å². The summed E-state index contributed by atoms with van der Waals surface area (Å²) in [5.74, 6) is 1.10. The fourth-order valence-electron chi connectivity index (χ4n) is 3.37. The van der Waals surface area contributed by atoms with Gasteiger partial charge in [0, 0.05) is 0 Å². The van der Waals surface area contributed by atoms with Gasteiger partial charge in [0.15, 0.2) is 6.35 Å². The minimum Gasteiger partial charge on any atom is -0.508 e. The number of phenols is 1. The van der Waals surface area contributed by atoms with Gasteiger partial charge in [0.2, 0.25) is 0 Å². The Morgan fingerprint density at radius 2 is 1.56 bits per heavy atom. The SMILES string of the molecule is Cc1c(C)c(OCP(=O)(O)O)c(C)c(C)c1Cc1ccc(O)c(C(C)C)c1. The van der Waals surface area contributed by atoms with E-state index in [4.69, 9.17) is 14.5 Å². The lowest BCUT2D eigenvalue weighted by atomic mass is 9.88. The Labute approximate surface area is 161 Å². The molecule has 3 N–H and O–H groups in total. The van der Waals surface area contributed by atoms with Gasteiger partial charge in [-0.15, -0.1) is 0 Å². The Morgan fingerprint density at radius 3 is 2.04 bits per heavy atom. The first-order valence-electron chi connectivity index (χ1n) is 9.00. The maximum atomic E-state index is 11.2. The molecule has 0 saturated heterocycles. The van der Waals surface area contributed by atoms with Crippen molar-refractivity contribution >= 4 is 7.60 Å². The third-order valence-electron chi connectivity index (χ3n) is 5.18. The predicted molar refractivity (Wildman–Crippen MR) is 108 cm³/mol. The zero-order valence-electron chi connectivity index (χ0n) is 16.8. The molecule has 0 aromatic heterocycles. The molecule has 2 aromatic rings. The van der Waals surface area contributed by atoms with Crippen LogP contribution in [0.5, 0.6) is 11.5 Å². The number of hydrogen-bond acceptors (Lipinski definition) is 3. The Balaban J connectivity index is 2.44. The molecule has 6 heteroatoms. The van der Waals surface area contributed by atoms with E-state index in [0.717, 1.165) is 39.8 Å². The second kappa shape index (κ2) is 8.05. The van der Waals surface area contributed by atoms with Crippen molar-refractivity contribution in [1.82, 2.24) is 0 Å². The van der Waals surface area contributed by atoms with Gasteiger partial charge in [-0.1, -0.05) is 26.0 Å². The summed E-state index contributed by atoms with van der Waals surface area (Å²) in [5.41, 5.74) is 7.11. The average molecular weight is 392 g/mol. The fraction of sp³-hybridized carbons (Fsp3) is 0.429. The molecule has 0 aliphatic rings. The van der Waals surface area contributed by atoms with Gasteiger partial charge in [0.25, 0.3) is 0 Å². The largest absolute Gasteiger partial charge is 0.508 e. The van der Waals surface area contributed by atoms with E-state index in [0.29, 0.717) is 11.5 Å². The van der Waals surface area contributed by atoms with Crippen molar-refractivity contribution in [1.29, 1.82) is 0 Å². The molecular formula is C21H29O5P. The highest BCUT2D eigenvalue weighted by atomic mass is 31.2. The van der Waals surface area contributed by atoms with Crippen LogP contribution < -0.4 is 4.74 Å². The first kappa shape index (κ1) is 21.5. The van der Waals surface area contributed by atoms with Gasteiger partial charge < -0.3 is 19.6 Å². The van der Waals surface area contributed by atoms with E-state index in [2.05, 4.69) is 13.8 Å². The van der Waals surface area contributed by atoms with Crippen molar-refractivity contribution in [2.24, 2.45) is 0 Å². The normalized spacial score (nSPS) is 11.9. The van der Waals surface area contributed by atoms with Crippen LogP contribution >= 0.6 is 7.60 Å². The third-order valence-corrected chi connectivity index (χ3v) is 5.65. The number of phenolic OH excluding ortho intramolecular Hbond substituents is 1. The van der Waals surface area contributed by atoms with Crippen molar-refractivity contribution in [3.05, 3.63) is 57.1 Å². The highest BCUT2D eigenvalue weighted by Gasteiger charge is 2.20. The van der Waals surface area contributed by atoms with E-state index in [-0.39, 0.29) is 5.92 Å². The molecular weight excluding hydrogens is 363 g/mol. The molecule has 0 aliphatic heterocycles. The second-order valence-corrected chi connectivity index (χ2v) is 9.06. The Morgan fingerprint density at radius 1 is 1.00 bits per heavy atom. The molecule has 0 amide bonds. The first-order chi connectivity index (χ1) is 12.4. The molecule has 0 heterocycles. The summed E-state index contributed by atoms with van der Waals surface area (Å²) < 4.78 is 16.6. The lowest BCUT2D eigenvalue weighted by molar-refractivity contribution is 0.298. The highest BCUT2D eigenvalue weighted by Crippen LogP contribution is 2.39. The van der Waals surface area contributed by atoms with Crippen LogP contribution in [0, 0.1) is 27.7 Å². The molecule has 0 atom stereocenters. The Kier molecular flexibility index (Phi) is 6.41. The lowest BCUT2D eigenvalue weighted by Crippen LogP contribution is -2.07. The van der Waals surface area contributed by atoms with E-state index < -0.39 is 13.9 Å². The number of benzene rings is 2. The number of ether oxygens (including phenoxy) is 1. The van der Waals surface area contributed by atoms with Gasteiger partial charge in [0.1, 0.15) is 11.5 Å². The summed E-state index contributed by atoms with van der Waals surface area (Å²) in [6.07, 6.45) is 0.0980. The highest BCUT2D eigenvalue weighted by molar-refractivity contribution is 7.51. The summed E-state index contributed by atoms with van der Waals surface area (Å²) in [6.45, 7) is 11.9. The second-order valence-electron chi connectivity index (χ2n) is 7.47. The molecule has 27 heavy (non-hydrogen) atoms. The molecule has 5 nitrogen and oxygen atoms in total. The summed E-state index contributed by atoms with van der Waals surface area (Å²) in [5, 5.41) is 10.0. The van der Waals surface area contributed by atoms with Crippen LogP contribution in [0.2, 0.25) is 0 Å². The van der Waals surface area contributed by atoms with E-state index in [1.54, 1.807) is 6.07 Å². The van der Waals surface area contributed by atoms with Crippen molar-refractivity contribution < 1.29 is 24.2 Å². The minimum absolute atomic E-state index is 0.235. The van der Waals surface area contributed by atoms with E-state index in [1.807, 2.05) is 39.8 Å². The van der Waals surface area contributed by atoms with Crippen molar-refractivity contribution in [2.75, 3.05) is 6.35 Å². The molecule has 2 rings (SSSR count). The molecule has 0 bridgehead atoms. The van der Waals surface area contributed by atoms with E-state index in [9.17, 15) is 9.67 Å². The van der Waals surface area contributed by atoms with E-state index >= 15 is 0 Å². The van der Waals surface area contributed by atoms with Crippen molar-refractivity contribution in [3.63, 3.8) is 0 Å². The van der Waals surface area contributed by atoms with Gasteiger partial charge in [0.05, 0.1) is 0 Å².